The summed E-state index contributed by atoms with van der Waals surface area (Å²) in [6.07, 6.45) is 2.75. The maximum absolute atomic E-state index is 13.4. The van der Waals surface area contributed by atoms with Gasteiger partial charge in [0, 0.05) is 0 Å². The number of aromatic nitrogens is 3. The molecule has 0 unspecified atom stereocenters. The molecule has 72 valence electrons. The van der Waals surface area contributed by atoms with Crippen molar-refractivity contribution in [2.24, 2.45) is 0 Å². The molecule has 0 aliphatic rings. The van der Waals surface area contributed by atoms with Crippen LogP contribution in [0.4, 0.5) is 4.39 Å². The summed E-state index contributed by atoms with van der Waals surface area (Å²) in [6.45, 7) is -0.172. The van der Waals surface area contributed by atoms with Crippen LogP contribution in [0.25, 0.3) is 5.69 Å². The van der Waals surface area contributed by atoms with Crippen LogP contribution in [-0.2, 0) is 6.61 Å². The molecular formula is C9H8FN3O. The van der Waals surface area contributed by atoms with Crippen LogP contribution in [0.5, 0.6) is 0 Å². The number of nitrogens with zero attached hydrogens (tertiary/aromatic N) is 3. The van der Waals surface area contributed by atoms with Gasteiger partial charge in [-0.25, -0.2) is 14.1 Å². The third-order valence-corrected chi connectivity index (χ3v) is 1.86. The number of benzene rings is 1. The van der Waals surface area contributed by atoms with E-state index in [2.05, 4.69) is 10.1 Å². The van der Waals surface area contributed by atoms with Crippen LogP contribution in [0.3, 0.4) is 0 Å². The average molecular weight is 193 g/mol. The van der Waals surface area contributed by atoms with Gasteiger partial charge in [0.25, 0.3) is 0 Å². The molecule has 1 aromatic heterocycles. The van der Waals surface area contributed by atoms with Gasteiger partial charge in [-0.2, -0.15) is 5.10 Å². The van der Waals surface area contributed by atoms with Crippen LogP contribution in [0, 0.1) is 5.82 Å². The first-order chi connectivity index (χ1) is 6.81. The normalized spacial score (nSPS) is 10.4. The lowest BCUT2D eigenvalue weighted by Crippen LogP contribution is -1.99. The summed E-state index contributed by atoms with van der Waals surface area (Å²) in [6, 6.07) is 4.46. The molecule has 0 fully saturated rings. The maximum Gasteiger partial charge on any atom is 0.149 e. The Bertz CT molecular complexity index is 428. The van der Waals surface area contributed by atoms with Gasteiger partial charge < -0.3 is 5.11 Å². The molecular weight excluding hydrogens is 185 g/mol. The number of halogens is 1. The quantitative estimate of drug-likeness (QED) is 0.770. The number of hydrogen-bond donors (Lipinski definition) is 1. The van der Waals surface area contributed by atoms with E-state index < -0.39 is 5.82 Å². The highest BCUT2D eigenvalue weighted by atomic mass is 19.1. The van der Waals surface area contributed by atoms with Crippen molar-refractivity contribution in [1.29, 1.82) is 0 Å². The van der Waals surface area contributed by atoms with E-state index >= 15 is 0 Å². The van der Waals surface area contributed by atoms with E-state index in [1.54, 1.807) is 12.1 Å². The third-order valence-electron chi connectivity index (χ3n) is 1.86. The minimum absolute atomic E-state index is 0.172. The Kier molecular flexibility index (Phi) is 2.24. The zero-order chi connectivity index (χ0) is 9.97. The number of aliphatic hydroxyl groups excluding tert-OH is 1. The fourth-order valence-electron chi connectivity index (χ4n) is 1.17. The zero-order valence-electron chi connectivity index (χ0n) is 7.26. The van der Waals surface area contributed by atoms with Gasteiger partial charge in [0.2, 0.25) is 0 Å². The van der Waals surface area contributed by atoms with Crippen molar-refractivity contribution in [3.63, 3.8) is 0 Å². The first kappa shape index (κ1) is 8.83. The lowest BCUT2D eigenvalue weighted by molar-refractivity contribution is 0.281. The van der Waals surface area contributed by atoms with Gasteiger partial charge in [0.05, 0.1) is 6.61 Å². The maximum atomic E-state index is 13.4. The predicted octanol–water partition coefficient (Wildman–Crippen LogP) is 0.899. The van der Waals surface area contributed by atoms with Crippen LogP contribution in [0.2, 0.25) is 0 Å². The molecule has 0 atom stereocenters. The zero-order valence-corrected chi connectivity index (χ0v) is 7.26. The molecule has 5 heteroatoms. The van der Waals surface area contributed by atoms with Crippen molar-refractivity contribution in [3.8, 4) is 5.69 Å². The topological polar surface area (TPSA) is 50.9 Å². The van der Waals surface area contributed by atoms with E-state index in [1.807, 2.05) is 0 Å². The van der Waals surface area contributed by atoms with E-state index in [0.717, 1.165) is 0 Å². The Morgan fingerprint density at radius 3 is 2.86 bits per heavy atom. The first-order valence-electron chi connectivity index (χ1n) is 4.05. The Hall–Kier alpha value is -1.75. The lowest BCUT2D eigenvalue weighted by Gasteiger charge is -2.03. The molecule has 1 heterocycles. The van der Waals surface area contributed by atoms with Crippen LogP contribution in [0.15, 0.2) is 30.9 Å². The van der Waals surface area contributed by atoms with Gasteiger partial charge >= 0.3 is 0 Å². The minimum Gasteiger partial charge on any atom is -0.392 e. The first-order valence-corrected chi connectivity index (χ1v) is 4.05. The van der Waals surface area contributed by atoms with E-state index in [1.165, 1.54) is 23.4 Å². The Labute approximate surface area is 79.6 Å². The predicted molar refractivity (Wildman–Crippen MR) is 47.2 cm³/mol. The van der Waals surface area contributed by atoms with E-state index in [9.17, 15) is 4.39 Å². The van der Waals surface area contributed by atoms with Crippen molar-refractivity contribution < 1.29 is 9.50 Å². The average Bonchev–Trinajstić information content (AvgIpc) is 2.70. The molecule has 0 amide bonds. The second kappa shape index (κ2) is 3.55. The van der Waals surface area contributed by atoms with Gasteiger partial charge in [0.15, 0.2) is 0 Å². The van der Waals surface area contributed by atoms with Gasteiger partial charge in [-0.1, -0.05) is 6.07 Å². The lowest BCUT2D eigenvalue weighted by atomic mass is 10.2. The molecule has 1 N–H and O–H groups in total. The van der Waals surface area contributed by atoms with E-state index in [4.69, 9.17) is 5.11 Å². The van der Waals surface area contributed by atoms with E-state index in [-0.39, 0.29) is 6.61 Å². The summed E-state index contributed by atoms with van der Waals surface area (Å²) < 4.78 is 14.7. The third kappa shape index (κ3) is 1.49. The van der Waals surface area contributed by atoms with Gasteiger partial charge in [-0.05, 0) is 17.7 Å². The van der Waals surface area contributed by atoms with Gasteiger partial charge in [0.1, 0.15) is 24.2 Å². The second-order valence-electron chi connectivity index (χ2n) is 2.78. The standard InChI is InChI=1S/C9H8FN3O/c10-8-3-7(4-14)1-2-9(8)13-6-11-5-12-13/h1-3,5-6,14H,4H2. The molecule has 4 nitrogen and oxygen atoms in total. The summed E-state index contributed by atoms with van der Waals surface area (Å²) in [5.74, 6) is -0.429. The fourth-order valence-corrected chi connectivity index (χ4v) is 1.17. The largest absolute Gasteiger partial charge is 0.392 e. The molecule has 0 saturated carbocycles. The van der Waals surface area contributed by atoms with Crippen molar-refractivity contribution in [2.45, 2.75) is 6.61 Å². The van der Waals surface area contributed by atoms with Crippen LogP contribution >= 0.6 is 0 Å². The monoisotopic (exact) mass is 193 g/mol. The molecule has 0 aliphatic carbocycles. The second-order valence-corrected chi connectivity index (χ2v) is 2.78. The molecule has 2 aromatic rings. The van der Waals surface area contributed by atoms with Crippen LogP contribution < -0.4 is 0 Å². The highest BCUT2D eigenvalue weighted by Crippen LogP contribution is 2.13. The summed E-state index contributed by atoms with van der Waals surface area (Å²) in [7, 11) is 0. The van der Waals surface area contributed by atoms with E-state index in [0.29, 0.717) is 11.3 Å². The van der Waals surface area contributed by atoms with Crippen molar-refractivity contribution in [1.82, 2.24) is 14.8 Å². The summed E-state index contributed by atoms with van der Waals surface area (Å²) >= 11 is 0. The molecule has 0 radical (unpaired) electrons. The van der Waals surface area contributed by atoms with Crippen molar-refractivity contribution >= 4 is 0 Å². The Balaban J connectivity index is 2.46. The molecule has 0 spiro atoms. The summed E-state index contributed by atoms with van der Waals surface area (Å²) in [4.78, 5) is 3.72. The smallest absolute Gasteiger partial charge is 0.149 e. The SMILES string of the molecule is OCc1ccc(-n2cncn2)c(F)c1. The molecule has 0 aliphatic heterocycles. The van der Waals surface area contributed by atoms with Gasteiger partial charge in [-0.3, -0.25) is 0 Å². The van der Waals surface area contributed by atoms with Crippen LogP contribution in [0.1, 0.15) is 5.56 Å². The fraction of sp³-hybridized carbons (Fsp3) is 0.111. The van der Waals surface area contributed by atoms with Crippen molar-refractivity contribution in [2.75, 3.05) is 0 Å². The molecule has 1 aromatic carbocycles. The van der Waals surface area contributed by atoms with Gasteiger partial charge in [-0.15, -0.1) is 0 Å². The molecule has 0 saturated heterocycles. The number of rotatable bonds is 2. The molecule has 0 bridgehead atoms. The Morgan fingerprint density at radius 2 is 2.29 bits per heavy atom. The number of hydrogen-bond acceptors (Lipinski definition) is 3. The minimum atomic E-state index is -0.429. The summed E-state index contributed by atoms with van der Waals surface area (Å²) in [5, 5.41) is 12.6. The molecule has 2 rings (SSSR count). The number of aliphatic hydroxyl groups is 1. The Morgan fingerprint density at radius 1 is 1.43 bits per heavy atom. The highest BCUT2D eigenvalue weighted by Gasteiger charge is 2.05. The van der Waals surface area contributed by atoms with Crippen molar-refractivity contribution in [3.05, 3.63) is 42.2 Å². The molecule has 14 heavy (non-hydrogen) atoms. The summed E-state index contributed by atoms with van der Waals surface area (Å²) in [5.41, 5.74) is 0.853. The van der Waals surface area contributed by atoms with Crippen LogP contribution in [-0.4, -0.2) is 19.9 Å². The highest BCUT2D eigenvalue weighted by molar-refractivity contribution is 5.34.